The maximum atomic E-state index is 13.5. The maximum absolute atomic E-state index is 13.5. The average molecular weight is 687 g/mol. The molecular formula is C39H38N6O6. The van der Waals surface area contributed by atoms with E-state index in [2.05, 4.69) is 25.6 Å². The van der Waals surface area contributed by atoms with Crippen molar-refractivity contribution in [2.24, 2.45) is 0 Å². The van der Waals surface area contributed by atoms with E-state index >= 15 is 0 Å². The summed E-state index contributed by atoms with van der Waals surface area (Å²) < 4.78 is 19.3. The van der Waals surface area contributed by atoms with Crippen LogP contribution < -0.4 is 20.1 Å². The first-order valence-corrected chi connectivity index (χ1v) is 16.3. The Morgan fingerprint density at radius 1 is 0.784 bits per heavy atom. The summed E-state index contributed by atoms with van der Waals surface area (Å²) >= 11 is 0. The quantitative estimate of drug-likeness (QED) is 0.135. The van der Waals surface area contributed by atoms with E-state index in [-0.39, 0.29) is 24.9 Å². The summed E-state index contributed by atoms with van der Waals surface area (Å²) in [6, 6.07) is 32.9. The van der Waals surface area contributed by atoms with Crippen molar-refractivity contribution in [3.05, 3.63) is 144 Å². The van der Waals surface area contributed by atoms with Crippen molar-refractivity contribution in [3.63, 3.8) is 0 Å². The number of amides is 2. The molecule has 0 radical (unpaired) electrons. The van der Waals surface area contributed by atoms with Gasteiger partial charge in [0.2, 0.25) is 5.91 Å². The third-order valence-corrected chi connectivity index (χ3v) is 8.56. The van der Waals surface area contributed by atoms with Gasteiger partial charge >= 0.3 is 0 Å². The van der Waals surface area contributed by atoms with Crippen molar-refractivity contribution in [2.75, 3.05) is 26.1 Å². The second kappa shape index (κ2) is 15.6. The number of ether oxygens (including phenoxy) is 3. The van der Waals surface area contributed by atoms with E-state index in [1.54, 1.807) is 50.0 Å². The molecular weight excluding hydrogens is 648 g/mol. The smallest absolute Gasteiger partial charge is 0.256 e. The highest BCUT2D eigenvalue weighted by atomic mass is 16.5. The Bertz CT molecular complexity index is 2020. The Balaban J connectivity index is 1.26. The van der Waals surface area contributed by atoms with E-state index < -0.39 is 23.7 Å². The molecule has 12 heteroatoms. The fourth-order valence-corrected chi connectivity index (χ4v) is 5.85. The lowest BCUT2D eigenvalue weighted by atomic mass is 9.80. The Morgan fingerprint density at radius 3 is 1.92 bits per heavy atom. The summed E-state index contributed by atoms with van der Waals surface area (Å²) in [6.07, 6.45) is 1.78. The Kier molecular flexibility index (Phi) is 10.6. The molecule has 0 unspecified atom stereocenters. The number of hydrogen-bond acceptors (Lipinski definition) is 9. The average Bonchev–Trinajstić information content (AvgIpc) is 3.58. The van der Waals surface area contributed by atoms with Gasteiger partial charge in [-0.3, -0.25) is 9.59 Å². The molecule has 0 spiro atoms. The number of imidazole rings is 1. The zero-order valence-electron chi connectivity index (χ0n) is 28.4. The lowest BCUT2D eigenvalue weighted by Gasteiger charge is -2.37. The molecule has 2 amide bonds. The summed E-state index contributed by atoms with van der Waals surface area (Å²) in [5.41, 5.74) is 2.48. The van der Waals surface area contributed by atoms with Crippen molar-refractivity contribution in [1.82, 2.24) is 24.8 Å². The number of carbonyl (C=O) groups is 2. The van der Waals surface area contributed by atoms with Gasteiger partial charge in [-0.25, -0.2) is 15.0 Å². The number of carbonyl (C=O) groups excluding carboxylic acids is 2. The number of anilines is 1. The molecule has 6 rings (SSSR count). The van der Waals surface area contributed by atoms with E-state index in [1.165, 1.54) is 12.7 Å². The number of benzene rings is 4. The van der Waals surface area contributed by atoms with Crippen molar-refractivity contribution < 1.29 is 28.9 Å². The normalized spacial score (nSPS) is 12.5. The van der Waals surface area contributed by atoms with Crippen LogP contribution in [0.4, 0.5) is 5.82 Å². The minimum Gasteiger partial charge on any atom is -0.497 e. The van der Waals surface area contributed by atoms with Gasteiger partial charge in [0.1, 0.15) is 30.0 Å². The molecule has 2 atom stereocenters. The van der Waals surface area contributed by atoms with E-state index in [4.69, 9.17) is 14.2 Å². The molecule has 2 heterocycles. The largest absolute Gasteiger partial charge is 0.497 e. The first-order chi connectivity index (χ1) is 24.8. The van der Waals surface area contributed by atoms with Gasteiger partial charge in [0, 0.05) is 5.56 Å². The molecule has 260 valence electrons. The van der Waals surface area contributed by atoms with E-state index in [0.29, 0.717) is 28.2 Å². The number of methoxy groups -OCH3 is 2. The molecule has 4 aromatic carbocycles. The maximum Gasteiger partial charge on any atom is 0.256 e. The molecule has 0 aliphatic carbocycles. The zero-order valence-corrected chi connectivity index (χ0v) is 28.4. The molecule has 51 heavy (non-hydrogen) atoms. The number of aromatic nitrogens is 4. The van der Waals surface area contributed by atoms with Crippen molar-refractivity contribution in [3.8, 4) is 11.5 Å². The fourth-order valence-electron chi connectivity index (χ4n) is 5.85. The number of fused-ring (bicyclic) bond motifs is 1. The van der Waals surface area contributed by atoms with Crippen LogP contribution in [0.15, 0.2) is 122 Å². The number of rotatable bonds is 14. The van der Waals surface area contributed by atoms with Crippen LogP contribution in [0.25, 0.3) is 11.2 Å². The fraction of sp³-hybridized carbons (Fsp3) is 0.205. The van der Waals surface area contributed by atoms with Gasteiger partial charge in [0.25, 0.3) is 5.91 Å². The van der Waals surface area contributed by atoms with Gasteiger partial charge in [-0.1, -0.05) is 72.8 Å². The molecule has 0 aliphatic rings. The summed E-state index contributed by atoms with van der Waals surface area (Å²) in [4.78, 5) is 39.2. The van der Waals surface area contributed by atoms with Gasteiger partial charge in [0.15, 0.2) is 17.0 Å². The third-order valence-electron chi connectivity index (χ3n) is 8.56. The van der Waals surface area contributed by atoms with Crippen LogP contribution in [0.2, 0.25) is 0 Å². The predicted molar refractivity (Wildman–Crippen MR) is 192 cm³/mol. The number of aliphatic hydroxyl groups excluding tert-OH is 1. The first-order valence-electron chi connectivity index (χ1n) is 16.3. The highest BCUT2D eigenvalue weighted by Gasteiger charge is 2.39. The summed E-state index contributed by atoms with van der Waals surface area (Å²) in [7, 11) is 3.22. The molecule has 2 aromatic heterocycles. The standard InChI is InChI=1S/C39H38N6O6/c1-26(46)33(43-34(47)22-45-25-42-35-36(40-24-41-37(35)45)44-38(48)27-10-6-4-7-11-27)23-51-39(28-12-8-5-9-13-28,29-14-18-31(49-2)19-15-29)30-16-20-32(50-3)21-17-30/h4-21,24-26,33,46H,22-23H2,1-3H3,(H,43,47)(H,40,41,44,48)/t26-,33-/m1/s1. The second-order valence-corrected chi connectivity index (χ2v) is 11.8. The third kappa shape index (κ3) is 7.57. The zero-order chi connectivity index (χ0) is 35.8. The number of nitrogens with one attached hydrogen (secondary N) is 2. The highest BCUT2D eigenvalue weighted by Crippen LogP contribution is 2.42. The topological polar surface area (TPSA) is 150 Å². The molecule has 6 aromatic rings. The molecule has 0 aliphatic heterocycles. The predicted octanol–water partition coefficient (Wildman–Crippen LogP) is 4.97. The Hall–Kier alpha value is -6.11. The van der Waals surface area contributed by atoms with E-state index in [0.717, 1.165) is 16.7 Å². The van der Waals surface area contributed by atoms with Crippen LogP contribution in [0, 0.1) is 0 Å². The lowest BCUT2D eigenvalue weighted by molar-refractivity contribution is -0.124. The van der Waals surface area contributed by atoms with Crippen LogP contribution in [0.1, 0.15) is 34.0 Å². The molecule has 0 bridgehead atoms. The minimum atomic E-state index is -1.14. The van der Waals surface area contributed by atoms with Crippen molar-refractivity contribution >= 4 is 28.8 Å². The molecule has 3 N–H and O–H groups in total. The van der Waals surface area contributed by atoms with Gasteiger partial charge < -0.3 is 34.5 Å². The number of nitrogens with zero attached hydrogens (tertiary/aromatic N) is 4. The Labute approximate surface area is 295 Å². The second-order valence-electron chi connectivity index (χ2n) is 11.8. The van der Waals surface area contributed by atoms with Crippen LogP contribution in [0.5, 0.6) is 11.5 Å². The first kappa shape index (κ1) is 34.7. The van der Waals surface area contributed by atoms with Gasteiger partial charge in [-0.2, -0.15) is 0 Å². The van der Waals surface area contributed by atoms with Crippen LogP contribution >= 0.6 is 0 Å². The summed E-state index contributed by atoms with van der Waals surface area (Å²) in [6.45, 7) is 1.38. The van der Waals surface area contributed by atoms with Crippen LogP contribution in [-0.4, -0.2) is 69.4 Å². The minimum absolute atomic E-state index is 0.0567. The van der Waals surface area contributed by atoms with Crippen LogP contribution in [0.3, 0.4) is 0 Å². The lowest BCUT2D eigenvalue weighted by Crippen LogP contribution is -2.48. The number of hydrogen-bond donors (Lipinski definition) is 3. The van der Waals surface area contributed by atoms with Crippen molar-refractivity contribution in [1.29, 1.82) is 0 Å². The summed E-state index contributed by atoms with van der Waals surface area (Å²) in [5, 5.41) is 16.6. The number of aliphatic hydroxyl groups is 1. The van der Waals surface area contributed by atoms with Crippen molar-refractivity contribution in [2.45, 2.75) is 31.2 Å². The highest BCUT2D eigenvalue weighted by molar-refractivity contribution is 6.06. The van der Waals surface area contributed by atoms with E-state index in [1.807, 2.05) is 84.9 Å². The van der Waals surface area contributed by atoms with Gasteiger partial charge in [-0.05, 0) is 60.0 Å². The SMILES string of the molecule is COc1ccc(C(OC[C@@H](NC(=O)Cn2cnc3c(NC(=O)c4ccccc4)ncnc32)[C@@H](C)O)(c2ccccc2)c2ccc(OC)cc2)cc1. The Morgan fingerprint density at radius 2 is 1.35 bits per heavy atom. The molecule has 12 nitrogen and oxygen atoms in total. The molecule has 0 saturated heterocycles. The van der Waals surface area contributed by atoms with Gasteiger partial charge in [-0.15, -0.1) is 0 Å². The van der Waals surface area contributed by atoms with Gasteiger partial charge in [0.05, 0.1) is 39.3 Å². The molecule has 0 saturated carbocycles. The van der Waals surface area contributed by atoms with E-state index in [9.17, 15) is 14.7 Å². The van der Waals surface area contributed by atoms with Crippen LogP contribution in [-0.2, 0) is 21.7 Å². The monoisotopic (exact) mass is 686 g/mol. The molecule has 0 fully saturated rings. The summed E-state index contributed by atoms with van der Waals surface area (Å²) in [5.74, 6) is 0.840.